The van der Waals surface area contributed by atoms with Crippen LogP contribution in [0.2, 0.25) is 0 Å². The maximum Gasteiger partial charge on any atom is 0.240 e. The van der Waals surface area contributed by atoms with Gasteiger partial charge in [-0.15, -0.1) is 0 Å². The van der Waals surface area contributed by atoms with Crippen molar-refractivity contribution in [3.8, 4) is 0 Å². The molecule has 8 heteroatoms. The van der Waals surface area contributed by atoms with Crippen molar-refractivity contribution in [3.63, 3.8) is 0 Å². The molecule has 1 heterocycles. The van der Waals surface area contributed by atoms with Gasteiger partial charge in [-0.25, -0.2) is 13.1 Å². The average Bonchev–Trinajstić information content (AvgIpc) is 3.28. The van der Waals surface area contributed by atoms with Crippen LogP contribution in [0.15, 0.2) is 40.8 Å². The number of likely N-dealkylation sites (tertiary alicyclic amines) is 1. The second kappa shape index (κ2) is 10.8. The molecule has 1 aromatic rings. The van der Waals surface area contributed by atoms with Crippen LogP contribution in [0.3, 0.4) is 0 Å². The Morgan fingerprint density at radius 1 is 1.12 bits per heavy atom. The number of anilines is 1. The molecular weight excluding hydrogens is 438 g/mol. The van der Waals surface area contributed by atoms with E-state index in [1.165, 1.54) is 24.6 Å². The summed E-state index contributed by atoms with van der Waals surface area (Å²) in [5.41, 5.74) is 1.74. The topological polar surface area (TPSA) is 95.6 Å². The largest absolute Gasteiger partial charge is 0.343 e. The van der Waals surface area contributed by atoms with Crippen LogP contribution in [0, 0.1) is 23.7 Å². The monoisotopic (exact) mass is 475 g/mol. The van der Waals surface area contributed by atoms with Crippen molar-refractivity contribution < 1.29 is 18.0 Å². The summed E-state index contributed by atoms with van der Waals surface area (Å²) in [5, 5.41) is 2.64. The number of rotatable bonds is 8. The van der Waals surface area contributed by atoms with Crippen LogP contribution in [-0.2, 0) is 19.6 Å². The minimum atomic E-state index is -3.67. The average molecular weight is 476 g/mol. The number of hydrogen-bond acceptors (Lipinski definition) is 4. The van der Waals surface area contributed by atoms with Gasteiger partial charge >= 0.3 is 0 Å². The van der Waals surface area contributed by atoms with E-state index in [9.17, 15) is 18.0 Å². The van der Waals surface area contributed by atoms with Gasteiger partial charge in [0.05, 0.1) is 4.90 Å². The minimum Gasteiger partial charge on any atom is -0.343 e. The lowest BCUT2D eigenvalue weighted by atomic mass is 9.70. The quantitative estimate of drug-likeness (QED) is 0.559. The minimum absolute atomic E-state index is 0.0802. The fourth-order valence-electron chi connectivity index (χ4n) is 5.02. The lowest BCUT2D eigenvalue weighted by Gasteiger charge is -2.37. The van der Waals surface area contributed by atoms with E-state index < -0.39 is 10.0 Å². The van der Waals surface area contributed by atoms with Crippen LogP contribution in [0.4, 0.5) is 5.69 Å². The summed E-state index contributed by atoms with van der Waals surface area (Å²) >= 11 is 0. The van der Waals surface area contributed by atoms with E-state index in [1.807, 2.05) is 4.90 Å². The van der Waals surface area contributed by atoms with E-state index in [-0.39, 0.29) is 28.5 Å². The number of carbonyl (C=O) groups is 2. The summed E-state index contributed by atoms with van der Waals surface area (Å²) in [6, 6.07) is 6.16. The van der Waals surface area contributed by atoms with Gasteiger partial charge in [-0.05, 0) is 74.1 Å². The highest BCUT2D eigenvalue weighted by atomic mass is 32.2. The number of amides is 2. The molecule has 0 saturated carbocycles. The molecule has 33 heavy (non-hydrogen) atoms. The first-order valence-corrected chi connectivity index (χ1v) is 13.4. The van der Waals surface area contributed by atoms with E-state index in [0.717, 1.165) is 32.4 Å². The van der Waals surface area contributed by atoms with Gasteiger partial charge in [0.25, 0.3) is 0 Å². The number of sulfonamides is 1. The molecule has 1 saturated heterocycles. The van der Waals surface area contributed by atoms with Gasteiger partial charge in [-0.3, -0.25) is 9.59 Å². The number of nitrogens with one attached hydrogen (secondary N) is 2. The molecule has 0 radical (unpaired) electrons. The highest BCUT2D eigenvalue weighted by Gasteiger charge is 2.34. The summed E-state index contributed by atoms with van der Waals surface area (Å²) in [4.78, 5) is 26.0. The molecular formula is C25H37N3O4S. The zero-order valence-electron chi connectivity index (χ0n) is 20.1. The zero-order chi connectivity index (χ0) is 24.2. The molecule has 1 aliphatic heterocycles. The first-order chi connectivity index (χ1) is 15.6. The van der Waals surface area contributed by atoms with Crippen LogP contribution < -0.4 is 10.0 Å². The second-order valence-corrected chi connectivity index (χ2v) is 11.5. The highest BCUT2D eigenvalue weighted by Crippen LogP contribution is 2.39. The molecule has 0 bridgehead atoms. The molecule has 3 rings (SSSR count). The Hall–Kier alpha value is -2.19. The predicted octanol–water partition coefficient (Wildman–Crippen LogP) is 3.79. The van der Waals surface area contributed by atoms with Gasteiger partial charge in [-0.1, -0.05) is 25.5 Å². The SMILES string of the molecule is CC(=O)Nc1ccc(S(=O)(=O)NC[C@@H]2C=C(C)[C@H](CC(=O)N3CCCC3)C[C@H]2C(C)C)cc1. The van der Waals surface area contributed by atoms with Crippen molar-refractivity contribution in [1.82, 2.24) is 9.62 Å². The first-order valence-electron chi connectivity index (χ1n) is 11.9. The van der Waals surface area contributed by atoms with Gasteiger partial charge in [-0.2, -0.15) is 0 Å². The van der Waals surface area contributed by atoms with Crippen molar-refractivity contribution in [2.75, 3.05) is 25.0 Å². The fourth-order valence-corrected chi connectivity index (χ4v) is 6.10. The van der Waals surface area contributed by atoms with Crippen LogP contribution in [0.1, 0.15) is 53.4 Å². The number of nitrogens with zero attached hydrogens (tertiary/aromatic N) is 1. The van der Waals surface area contributed by atoms with Crippen molar-refractivity contribution in [2.45, 2.75) is 58.3 Å². The Morgan fingerprint density at radius 3 is 2.33 bits per heavy atom. The molecule has 2 amide bonds. The molecule has 3 atom stereocenters. The van der Waals surface area contributed by atoms with Crippen LogP contribution in [0.5, 0.6) is 0 Å². The number of carbonyl (C=O) groups excluding carboxylic acids is 2. The summed E-state index contributed by atoms with van der Waals surface area (Å²) in [6.07, 6.45) is 5.82. The summed E-state index contributed by atoms with van der Waals surface area (Å²) in [6.45, 7) is 9.88. The third kappa shape index (κ3) is 6.67. The van der Waals surface area contributed by atoms with Crippen molar-refractivity contribution in [2.24, 2.45) is 23.7 Å². The zero-order valence-corrected chi connectivity index (χ0v) is 21.0. The smallest absolute Gasteiger partial charge is 0.240 e. The van der Waals surface area contributed by atoms with Gasteiger partial charge in [0, 0.05) is 38.7 Å². The van der Waals surface area contributed by atoms with E-state index >= 15 is 0 Å². The molecule has 7 nitrogen and oxygen atoms in total. The Labute approximate surface area is 198 Å². The summed E-state index contributed by atoms with van der Waals surface area (Å²) < 4.78 is 28.5. The Balaban J connectivity index is 1.66. The maximum absolute atomic E-state index is 12.9. The number of benzene rings is 1. The van der Waals surface area contributed by atoms with Crippen LogP contribution in [0.25, 0.3) is 0 Å². The van der Waals surface area contributed by atoms with Gasteiger partial charge in [0.1, 0.15) is 0 Å². The molecule has 1 aliphatic carbocycles. The Bertz CT molecular complexity index is 979. The molecule has 1 aromatic carbocycles. The van der Waals surface area contributed by atoms with Gasteiger partial charge < -0.3 is 10.2 Å². The van der Waals surface area contributed by atoms with E-state index in [1.54, 1.807) is 12.1 Å². The van der Waals surface area contributed by atoms with Crippen LogP contribution in [-0.4, -0.2) is 44.8 Å². The molecule has 2 aliphatic rings. The summed E-state index contributed by atoms with van der Waals surface area (Å²) in [7, 11) is -3.67. The van der Waals surface area contributed by atoms with Gasteiger partial charge in [0.2, 0.25) is 21.8 Å². The van der Waals surface area contributed by atoms with E-state index in [0.29, 0.717) is 30.5 Å². The fraction of sp³-hybridized carbons (Fsp3) is 0.600. The normalized spacial score (nSPS) is 23.5. The van der Waals surface area contributed by atoms with E-state index in [4.69, 9.17) is 0 Å². The van der Waals surface area contributed by atoms with Crippen molar-refractivity contribution in [3.05, 3.63) is 35.9 Å². The molecule has 0 spiro atoms. The van der Waals surface area contributed by atoms with Crippen LogP contribution >= 0.6 is 0 Å². The standard InChI is InChI=1S/C25H37N3O4S/c1-17(2)24-14-20(15-25(30)28-11-5-6-12-28)18(3)13-21(24)16-26-33(31,32)23-9-7-22(8-10-23)27-19(4)29/h7-10,13,17,20-21,24,26H,5-6,11-12,14-16H2,1-4H3,(H,27,29)/t20-,21-,24-/m0/s1. The number of hydrogen-bond donors (Lipinski definition) is 2. The number of allylic oxidation sites excluding steroid dienone is 1. The molecule has 0 aromatic heterocycles. The van der Waals surface area contributed by atoms with Crippen molar-refractivity contribution in [1.29, 1.82) is 0 Å². The second-order valence-electron chi connectivity index (χ2n) is 9.76. The lowest BCUT2D eigenvalue weighted by Crippen LogP contribution is -2.38. The summed E-state index contributed by atoms with van der Waals surface area (Å²) in [5.74, 6) is 1.02. The highest BCUT2D eigenvalue weighted by molar-refractivity contribution is 7.89. The molecule has 2 N–H and O–H groups in total. The maximum atomic E-state index is 12.9. The molecule has 0 unspecified atom stereocenters. The third-order valence-corrected chi connectivity index (χ3v) is 8.40. The Kier molecular flexibility index (Phi) is 8.34. The Morgan fingerprint density at radius 2 is 1.76 bits per heavy atom. The first kappa shape index (κ1) is 25.4. The molecule has 1 fully saturated rings. The third-order valence-electron chi connectivity index (χ3n) is 6.96. The molecule has 182 valence electrons. The van der Waals surface area contributed by atoms with Gasteiger partial charge in [0.15, 0.2) is 0 Å². The predicted molar refractivity (Wildman–Crippen MR) is 130 cm³/mol. The van der Waals surface area contributed by atoms with E-state index in [2.05, 4.69) is 36.9 Å². The van der Waals surface area contributed by atoms with Crippen molar-refractivity contribution >= 4 is 27.5 Å². The lowest BCUT2D eigenvalue weighted by molar-refractivity contribution is -0.131.